The average molecular weight is 362 g/mol. The number of carbonyl (C=O) groups is 4. The molecule has 1 rings (SSSR count). The first-order valence-electron chi connectivity index (χ1n) is 7.93. The van der Waals surface area contributed by atoms with Crippen LogP contribution in [0.15, 0.2) is 0 Å². The quantitative estimate of drug-likeness (QED) is 0.519. The van der Waals surface area contributed by atoms with Crippen LogP contribution in [0.25, 0.3) is 0 Å². The molecule has 0 aromatic heterocycles. The van der Waals surface area contributed by atoms with Crippen molar-refractivity contribution < 1.29 is 43.6 Å². The lowest BCUT2D eigenvalue weighted by Gasteiger charge is -2.25. The highest BCUT2D eigenvalue weighted by atomic mass is 16.6. The summed E-state index contributed by atoms with van der Waals surface area (Å²) in [5, 5.41) is 17.4. The van der Waals surface area contributed by atoms with Gasteiger partial charge in [-0.15, -0.1) is 0 Å². The van der Waals surface area contributed by atoms with Gasteiger partial charge >= 0.3 is 23.9 Å². The Hall–Kier alpha value is -2.16. The van der Waals surface area contributed by atoms with Crippen LogP contribution in [0, 0.1) is 0 Å². The lowest BCUT2D eigenvalue weighted by molar-refractivity contribution is -0.167. The fourth-order valence-electron chi connectivity index (χ4n) is 2.27. The number of carboxylic acid groups (broad SMARTS) is 1. The van der Waals surface area contributed by atoms with Crippen molar-refractivity contribution in [1.82, 2.24) is 0 Å². The molecule has 0 amide bonds. The second-order valence-corrected chi connectivity index (χ2v) is 5.89. The van der Waals surface area contributed by atoms with Gasteiger partial charge in [0.2, 0.25) is 0 Å². The Balaban J connectivity index is 0.000000462. The van der Waals surface area contributed by atoms with Crippen LogP contribution in [-0.4, -0.2) is 58.5 Å². The van der Waals surface area contributed by atoms with Crippen LogP contribution in [0.5, 0.6) is 0 Å². The number of carbonyl (C=O) groups excluding carboxylic acids is 3. The van der Waals surface area contributed by atoms with Crippen molar-refractivity contribution in [3.8, 4) is 0 Å². The fourth-order valence-corrected chi connectivity index (χ4v) is 2.27. The Kier molecular flexibility index (Phi) is 10.4. The summed E-state index contributed by atoms with van der Waals surface area (Å²) in [6, 6.07) is 0. The number of esters is 3. The molecule has 1 heterocycles. The highest BCUT2D eigenvalue weighted by Gasteiger charge is 2.27. The van der Waals surface area contributed by atoms with E-state index in [0.29, 0.717) is 6.42 Å². The number of aliphatic carboxylic acids is 1. The van der Waals surface area contributed by atoms with E-state index < -0.39 is 24.1 Å². The van der Waals surface area contributed by atoms with E-state index in [1.807, 2.05) is 0 Å². The van der Waals surface area contributed by atoms with Crippen molar-refractivity contribution in [1.29, 1.82) is 0 Å². The molecular formula is C16H26O9. The van der Waals surface area contributed by atoms with Gasteiger partial charge in [0.25, 0.3) is 0 Å². The molecule has 2 unspecified atom stereocenters. The van der Waals surface area contributed by atoms with Crippen molar-refractivity contribution in [2.24, 2.45) is 0 Å². The molecule has 4 atom stereocenters. The number of ether oxygens (including phenoxy) is 3. The second-order valence-electron chi connectivity index (χ2n) is 5.89. The van der Waals surface area contributed by atoms with Gasteiger partial charge in [0, 0.05) is 26.7 Å². The third-order valence-corrected chi connectivity index (χ3v) is 2.99. The van der Waals surface area contributed by atoms with E-state index in [9.17, 15) is 19.2 Å². The molecule has 9 nitrogen and oxygen atoms in total. The molecular weight excluding hydrogens is 336 g/mol. The van der Waals surface area contributed by atoms with E-state index in [-0.39, 0.29) is 43.4 Å². The molecule has 9 heteroatoms. The van der Waals surface area contributed by atoms with Crippen LogP contribution < -0.4 is 0 Å². The van der Waals surface area contributed by atoms with Crippen LogP contribution in [0.1, 0.15) is 53.4 Å². The van der Waals surface area contributed by atoms with Gasteiger partial charge in [-0.2, -0.15) is 0 Å². The zero-order valence-electron chi connectivity index (χ0n) is 14.9. The van der Waals surface area contributed by atoms with E-state index in [2.05, 4.69) is 0 Å². The number of cyclic esters (lactones) is 1. The normalized spacial score (nSPS) is 21.7. The third kappa shape index (κ3) is 12.9. The molecule has 0 bridgehead atoms. The van der Waals surface area contributed by atoms with Crippen molar-refractivity contribution in [2.45, 2.75) is 77.8 Å². The highest BCUT2D eigenvalue weighted by molar-refractivity contribution is 5.72. The first-order chi connectivity index (χ1) is 11.5. The molecule has 25 heavy (non-hydrogen) atoms. The predicted molar refractivity (Wildman–Crippen MR) is 84.4 cm³/mol. The lowest BCUT2D eigenvalue weighted by atomic mass is 10.1. The molecule has 0 spiro atoms. The van der Waals surface area contributed by atoms with Crippen molar-refractivity contribution in [2.75, 3.05) is 0 Å². The Morgan fingerprint density at radius 1 is 1.28 bits per heavy atom. The van der Waals surface area contributed by atoms with Crippen molar-refractivity contribution >= 4 is 23.9 Å². The second kappa shape index (κ2) is 11.4. The van der Waals surface area contributed by atoms with E-state index in [1.54, 1.807) is 6.92 Å². The molecule has 0 aliphatic carbocycles. The number of hydrogen-bond donors (Lipinski definition) is 2. The third-order valence-electron chi connectivity index (χ3n) is 2.99. The van der Waals surface area contributed by atoms with E-state index in [4.69, 9.17) is 24.4 Å². The summed E-state index contributed by atoms with van der Waals surface area (Å²) in [7, 11) is 0. The van der Waals surface area contributed by atoms with Gasteiger partial charge in [0.15, 0.2) is 0 Å². The number of rotatable bonds is 6. The summed E-state index contributed by atoms with van der Waals surface area (Å²) in [5.41, 5.74) is 0. The summed E-state index contributed by atoms with van der Waals surface area (Å²) in [6.45, 7) is 5.84. The molecule has 0 saturated carbocycles. The minimum absolute atomic E-state index is 0.143. The summed E-state index contributed by atoms with van der Waals surface area (Å²) in [5.74, 6) is -2.22. The standard InChI is InChI=1S/C8H14O5.C8H12O4/c1-5(9)3-7(4-8(11)12)13-6(2)10;1-5-3-7(12-6(2)9)4-8(10)11-5/h5,7,9H,3-4H2,1-2H3,(H,11,12);5,7H,3-4H2,1-2H3/t2*5?,7-/m11/s1. The highest BCUT2D eigenvalue weighted by Crippen LogP contribution is 2.17. The predicted octanol–water partition coefficient (Wildman–Crippen LogP) is 0.807. The van der Waals surface area contributed by atoms with E-state index in [0.717, 1.165) is 0 Å². The number of hydrogen-bond acceptors (Lipinski definition) is 8. The first-order valence-corrected chi connectivity index (χ1v) is 7.93. The average Bonchev–Trinajstić information content (AvgIpc) is 2.34. The van der Waals surface area contributed by atoms with E-state index in [1.165, 1.54) is 20.8 Å². The molecule has 144 valence electrons. The molecule has 2 N–H and O–H groups in total. The van der Waals surface area contributed by atoms with Crippen LogP contribution in [-0.2, 0) is 33.4 Å². The zero-order valence-corrected chi connectivity index (χ0v) is 14.9. The molecule has 1 fully saturated rings. The van der Waals surface area contributed by atoms with E-state index >= 15 is 0 Å². The topological polar surface area (TPSA) is 136 Å². The van der Waals surface area contributed by atoms with Crippen molar-refractivity contribution in [3.05, 3.63) is 0 Å². The summed E-state index contributed by atoms with van der Waals surface area (Å²) >= 11 is 0. The molecule has 1 saturated heterocycles. The van der Waals surface area contributed by atoms with Gasteiger partial charge < -0.3 is 24.4 Å². The SMILES string of the molecule is CC(=O)O[C@@H](CC(=O)O)CC(C)O.CC(=O)O[C@H]1CC(=O)OC(C)C1. The fraction of sp³-hybridized carbons (Fsp3) is 0.750. The van der Waals surface area contributed by atoms with Gasteiger partial charge in [0.05, 0.1) is 18.9 Å². The van der Waals surface area contributed by atoms with Gasteiger partial charge in [-0.3, -0.25) is 19.2 Å². The molecule has 0 aromatic rings. The number of carboxylic acids is 1. The van der Waals surface area contributed by atoms with Crippen LogP contribution >= 0.6 is 0 Å². The van der Waals surface area contributed by atoms with Gasteiger partial charge in [-0.25, -0.2) is 0 Å². The lowest BCUT2D eigenvalue weighted by Crippen LogP contribution is -2.33. The van der Waals surface area contributed by atoms with Gasteiger partial charge in [0.1, 0.15) is 18.3 Å². The maximum Gasteiger partial charge on any atom is 0.309 e. The molecule has 0 radical (unpaired) electrons. The molecule has 1 aliphatic rings. The summed E-state index contributed by atoms with van der Waals surface area (Å²) in [6.07, 6.45) is -1.20. The largest absolute Gasteiger partial charge is 0.481 e. The Labute approximate surface area is 146 Å². The Morgan fingerprint density at radius 3 is 2.28 bits per heavy atom. The zero-order chi connectivity index (χ0) is 19.6. The van der Waals surface area contributed by atoms with Gasteiger partial charge in [-0.1, -0.05) is 0 Å². The van der Waals surface area contributed by atoms with Crippen molar-refractivity contribution in [3.63, 3.8) is 0 Å². The van der Waals surface area contributed by atoms with Crippen LogP contribution in [0.4, 0.5) is 0 Å². The first kappa shape index (κ1) is 22.8. The number of aliphatic hydroxyl groups excluding tert-OH is 1. The maximum atomic E-state index is 10.9. The maximum absolute atomic E-state index is 10.9. The Morgan fingerprint density at radius 2 is 1.88 bits per heavy atom. The number of aliphatic hydroxyl groups is 1. The summed E-state index contributed by atoms with van der Waals surface area (Å²) in [4.78, 5) is 42.2. The minimum atomic E-state index is -1.05. The molecule has 0 aromatic carbocycles. The molecule has 1 aliphatic heterocycles. The minimum Gasteiger partial charge on any atom is -0.481 e. The van der Waals surface area contributed by atoms with Crippen LogP contribution in [0.3, 0.4) is 0 Å². The summed E-state index contributed by atoms with van der Waals surface area (Å²) < 4.78 is 14.5. The Bertz CT molecular complexity index is 454. The van der Waals surface area contributed by atoms with Crippen LogP contribution in [0.2, 0.25) is 0 Å². The smallest absolute Gasteiger partial charge is 0.309 e. The monoisotopic (exact) mass is 362 g/mol. The van der Waals surface area contributed by atoms with Gasteiger partial charge in [-0.05, 0) is 13.8 Å².